The van der Waals surface area contributed by atoms with Gasteiger partial charge in [-0.25, -0.2) is 0 Å². The predicted molar refractivity (Wildman–Crippen MR) is 124 cm³/mol. The highest BCUT2D eigenvalue weighted by Crippen LogP contribution is 2.31. The standard InChI is InChI=1S/C25H28N2O5/c1-29-19-8-10-24(30-2)22(15-19)26-25(28)17-32-23-9-7-18-5-3-4-6-20(18)21(23)16-27-11-13-31-14-12-27/h3-10,15H,11-14,16-17H2,1-2H3,(H,26,28). The van der Waals surface area contributed by atoms with Crippen LogP contribution in [0.25, 0.3) is 10.8 Å². The van der Waals surface area contributed by atoms with Gasteiger partial charge in [-0.1, -0.05) is 30.3 Å². The van der Waals surface area contributed by atoms with Crippen LogP contribution >= 0.6 is 0 Å². The number of hydrogen-bond acceptors (Lipinski definition) is 6. The number of rotatable bonds is 8. The Bertz CT molecular complexity index is 1080. The van der Waals surface area contributed by atoms with Crippen LogP contribution in [0, 0.1) is 0 Å². The minimum Gasteiger partial charge on any atom is -0.497 e. The lowest BCUT2D eigenvalue weighted by molar-refractivity contribution is -0.118. The molecule has 0 radical (unpaired) electrons. The topological polar surface area (TPSA) is 69.3 Å². The van der Waals surface area contributed by atoms with Crippen LogP contribution in [0.3, 0.4) is 0 Å². The zero-order chi connectivity index (χ0) is 22.3. The zero-order valence-electron chi connectivity index (χ0n) is 18.4. The summed E-state index contributed by atoms with van der Waals surface area (Å²) in [7, 11) is 3.13. The number of nitrogens with zero attached hydrogens (tertiary/aromatic N) is 1. The van der Waals surface area contributed by atoms with Gasteiger partial charge in [-0.15, -0.1) is 0 Å². The molecule has 3 aromatic carbocycles. The molecule has 0 saturated carbocycles. The molecule has 1 heterocycles. The first-order chi connectivity index (χ1) is 15.7. The zero-order valence-corrected chi connectivity index (χ0v) is 18.4. The summed E-state index contributed by atoms with van der Waals surface area (Å²) in [5, 5.41) is 5.13. The monoisotopic (exact) mass is 436 g/mol. The molecule has 1 saturated heterocycles. The fourth-order valence-corrected chi connectivity index (χ4v) is 3.84. The summed E-state index contributed by atoms with van der Waals surface area (Å²) in [6, 6.07) is 17.4. The van der Waals surface area contributed by atoms with Gasteiger partial charge in [0.1, 0.15) is 17.2 Å². The maximum atomic E-state index is 12.7. The van der Waals surface area contributed by atoms with E-state index in [9.17, 15) is 4.79 Å². The number of amides is 1. The fourth-order valence-electron chi connectivity index (χ4n) is 3.84. The van der Waals surface area contributed by atoms with Gasteiger partial charge in [0.05, 0.1) is 33.1 Å². The molecule has 1 N–H and O–H groups in total. The van der Waals surface area contributed by atoms with E-state index >= 15 is 0 Å². The third-order valence-corrected chi connectivity index (χ3v) is 5.52. The third kappa shape index (κ3) is 5.12. The molecular weight excluding hydrogens is 408 g/mol. The molecule has 0 spiro atoms. The van der Waals surface area contributed by atoms with Crippen molar-refractivity contribution in [3.8, 4) is 17.2 Å². The van der Waals surface area contributed by atoms with E-state index in [4.69, 9.17) is 18.9 Å². The molecule has 0 unspecified atom stereocenters. The fraction of sp³-hybridized carbons (Fsp3) is 0.320. The average Bonchev–Trinajstić information content (AvgIpc) is 2.84. The lowest BCUT2D eigenvalue weighted by atomic mass is 10.0. The molecular formula is C25H28N2O5. The Labute approximate surface area is 187 Å². The Morgan fingerprint density at radius 2 is 1.78 bits per heavy atom. The second-order valence-electron chi connectivity index (χ2n) is 7.55. The van der Waals surface area contributed by atoms with Gasteiger partial charge < -0.3 is 24.3 Å². The van der Waals surface area contributed by atoms with Crippen LogP contribution in [0.4, 0.5) is 5.69 Å². The van der Waals surface area contributed by atoms with Crippen molar-refractivity contribution in [2.24, 2.45) is 0 Å². The lowest BCUT2D eigenvalue weighted by Gasteiger charge is -2.28. The number of benzene rings is 3. The van der Waals surface area contributed by atoms with Crippen LogP contribution in [0.15, 0.2) is 54.6 Å². The molecule has 4 rings (SSSR count). The molecule has 0 aliphatic carbocycles. The summed E-state index contributed by atoms with van der Waals surface area (Å²) < 4.78 is 22.1. The SMILES string of the molecule is COc1ccc(OC)c(NC(=O)COc2ccc3ccccc3c2CN2CCOCC2)c1. The summed E-state index contributed by atoms with van der Waals surface area (Å²) in [4.78, 5) is 15.0. The molecule has 3 aromatic rings. The maximum absolute atomic E-state index is 12.7. The average molecular weight is 437 g/mol. The van der Waals surface area contributed by atoms with Crippen molar-refractivity contribution in [1.29, 1.82) is 0 Å². The molecule has 0 atom stereocenters. The summed E-state index contributed by atoms with van der Waals surface area (Å²) in [5.74, 6) is 1.62. The number of methoxy groups -OCH3 is 2. The van der Waals surface area contributed by atoms with Gasteiger partial charge in [-0.2, -0.15) is 0 Å². The number of ether oxygens (including phenoxy) is 4. The third-order valence-electron chi connectivity index (χ3n) is 5.52. The highest BCUT2D eigenvalue weighted by Gasteiger charge is 2.17. The maximum Gasteiger partial charge on any atom is 0.262 e. The van der Waals surface area contributed by atoms with Gasteiger partial charge >= 0.3 is 0 Å². The number of morpholine rings is 1. The Morgan fingerprint density at radius 3 is 2.56 bits per heavy atom. The molecule has 1 amide bonds. The van der Waals surface area contributed by atoms with Crippen molar-refractivity contribution in [1.82, 2.24) is 4.90 Å². The van der Waals surface area contributed by atoms with Crippen molar-refractivity contribution in [2.45, 2.75) is 6.54 Å². The van der Waals surface area contributed by atoms with E-state index in [2.05, 4.69) is 22.3 Å². The first-order valence-corrected chi connectivity index (χ1v) is 10.6. The normalized spacial score (nSPS) is 14.2. The molecule has 168 valence electrons. The van der Waals surface area contributed by atoms with Gasteiger partial charge in [0.15, 0.2) is 6.61 Å². The summed E-state index contributed by atoms with van der Waals surface area (Å²) in [6.45, 7) is 3.83. The van der Waals surface area contributed by atoms with E-state index < -0.39 is 0 Å². The minimum absolute atomic E-state index is 0.116. The number of hydrogen-bond donors (Lipinski definition) is 1. The molecule has 32 heavy (non-hydrogen) atoms. The summed E-state index contributed by atoms with van der Waals surface area (Å²) in [6.07, 6.45) is 0. The van der Waals surface area contributed by atoms with Crippen LogP contribution in [0.2, 0.25) is 0 Å². The van der Waals surface area contributed by atoms with E-state index in [-0.39, 0.29) is 12.5 Å². The Kier molecular flexibility index (Phi) is 7.09. The van der Waals surface area contributed by atoms with Crippen molar-refractivity contribution in [3.63, 3.8) is 0 Å². The molecule has 1 aliphatic rings. The molecule has 1 fully saturated rings. The van der Waals surface area contributed by atoms with Gasteiger partial charge in [0.2, 0.25) is 0 Å². The number of carbonyl (C=O) groups is 1. The highest BCUT2D eigenvalue weighted by molar-refractivity contribution is 5.94. The van der Waals surface area contributed by atoms with E-state index in [0.29, 0.717) is 22.9 Å². The number of carbonyl (C=O) groups excluding carboxylic acids is 1. The largest absolute Gasteiger partial charge is 0.497 e. The van der Waals surface area contributed by atoms with E-state index in [1.165, 1.54) is 0 Å². The number of nitrogens with one attached hydrogen (secondary N) is 1. The van der Waals surface area contributed by atoms with Crippen molar-refractivity contribution < 1.29 is 23.7 Å². The Morgan fingerprint density at radius 1 is 1.00 bits per heavy atom. The van der Waals surface area contributed by atoms with Crippen LogP contribution < -0.4 is 19.5 Å². The molecule has 0 bridgehead atoms. The number of fused-ring (bicyclic) bond motifs is 1. The van der Waals surface area contributed by atoms with Crippen molar-refractivity contribution >= 4 is 22.4 Å². The first kappa shape index (κ1) is 21.9. The van der Waals surface area contributed by atoms with Gasteiger partial charge in [0, 0.05) is 31.3 Å². The van der Waals surface area contributed by atoms with Gasteiger partial charge in [-0.3, -0.25) is 9.69 Å². The second-order valence-corrected chi connectivity index (χ2v) is 7.55. The van der Waals surface area contributed by atoms with Crippen LogP contribution in [0.1, 0.15) is 5.56 Å². The first-order valence-electron chi connectivity index (χ1n) is 10.6. The number of anilines is 1. The van der Waals surface area contributed by atoms with Crippen LogP contribution in [-0.4, -0.2) is 57.9 Å². The van der Waals surface area contributed by atoms with Gasteiger partial charge in [-0.05, 0) is 29.0 Å². The summed E-state index contributed by atoms with van der Waals surface area (Å²) in [5.41, 5.74) is 1.62. The molecule has 7 heteroatoms. The predicted octanol–water partition coefficient (Wildman–Crippen LogP) is 3.71. The lowest BCUT2D eigenvalue weighted by Crippen LogP contribution is -2.35. The van der Waals surface area contributed by atoms with E-state index in [1.807, 2.05) is 24.3 Å². The quantitative estimate of drug-likeness (QED) is 0.581. The van der Waals surface area contributed by atoms with Gasteiger partial charge in [0.25, 0.3) is 5.91 Å². The van der Waals surface area contributed by atoms with Crippen LogP contribution in [0.5, 0.6) is 17.2 Å². The Hall–Kier alpha value is -3.29. The molecule has 7 nitrogen and oxygen atoms in total. The highest BCUT2D eigenvalue weighted by atomic mass is 16.5. The summed E-state index contributed by atoms with van der Waals surface area (Å²) >= 11 is 0. The van der Waals surface area contributed by atoms with E-state index in [0.717, 1.165) is 49.2 Å². The molecule has 1 aliphatic heterocycles. The second kappa shape index (κ2) is 10.3. The molecule has 0 aromatic heterocycles. The van der Waals surface area contributed by atoms with E-state index in [1.54, 1.807) is 32.4 Å². The Balaban J connectivity index is 1.51. The van der Waals surface area contributed by atoms with Crippen molar-refractivity contribution in [2.75, 3.05) is 52.4 Å². The minimum atomic E-state index is -0.276. The smallest absolute Gasteiger partial charge is 0.262 e. The van der Waals surface area contributed by atoms with Crippen LogP contribution in [-0.2, 0) is 16.1 Å². The van der Waals surface area contributed by atoms with Crippen molar-refractivity contribution in [3.05, 3.63) is 60.2 Å².